The highest BCUT2D eigenvalue weighted by molar-refractivity contribution is 5.92. The molecule has 2 aromatic rings. The fraction of sp³-hybridized carbons (Fsp3) is 0.333. The molecule has 0 aromatic heterocycles. The average Bonchev–Trinajstić information content (AvgIpc) is 3.11. The number of carbonyl (C=O) groups excluding carboxylic acids is 1. The number of hydrogen-bond donors (Lipinski definition) is 1. The smallest absolute Gasteiger partial charge is 0.416 e. The van der Waals surface area contributed by atoms with Crippen molar-refractivity contribution in [2.45, 2.75) is 32.2 Å². The molecule has 0 bridgehead atoms. The number of alkyl halides is 4. The van der Waals surface area contributed by atoms with E-state index in [2.05, 4.69) is 0 Å². The SMILES string of the molecule is Cc1cc(CN(C(=O)N2CC[C@H](F)C2)c2cccc(C(F)(F)F)c2)ccc1C(=O)O. The second-order valence-electron chi connectivity index (χ2n) is 7.20. The maximum absolute atomic E-state index is 13.6. The van der Waals surface area contributed by atoms with E-state index >= 15 is 0 Å². The van der Waals surface area contributed by atoms with Gasteiger partial charge in [-0.25, -0.2) is 14.0 Å². The predicted molar refractivity (Wildman–Crippen MR) is 102 cm³/mol. The summed E-state index contributed by atoms with van der Waals surface area (Å²) >= 11 is 0. The number of aromatic carboxylic acids is 1. The van der Waals surface area contributed by atoms with Crippen LogP contribution in [0.15, 0.2) is 42.5 Å². The molecule has 2 aromatic carbocycles. The lowest BCUT2D eigenvalue weighted by atomic mass is 10.0. The number of carbonyl (C=O) groups is 2. The van der Waals surface area contributed by atoms with Crippen LogP contribution in [0.5, 0.6) is 0 Å². The van der Waals surface area contributed by atoms with E-state index in [0.717, 1.165) is 17.0 Å². The van der Waals surface area contributed by atoms with E-state index in [9.17, 15) is 27.2 Å². The van der Waals surface area contributed by atoms with Gasteiger partial charge in [-0.1, -0.05) is 18.2 Å². The summed E-state index contributed by atoms with van der Waals surface area (Å²) in [7, 11) is 0. The van der Waals surface area contributed by atoms with Crippen molar-refractivity contribution in [3.05, 3.63) is 64.7 Å². The summed E-state index contributed by atoms with van der Waals surface area (Å²) in [4.78, 5) is 26.7. The van der Waals surface area contributed by atoms with Crippen molar-refractivity contribution in [1.29, 1.82) is 0 Å². The fourth-order valence-corrected chi connectivity index (χ4v) is 3.43. The maximum Gasteiger partial charge on any atom is 0.416 e. The summed E-state index contributed by atoms with van der Waals surface area (Å²) in [5, 5.41) is 9.17. The minimum Gasteiger partial charge on any atom is -0.478 e. The molecule has 1 N–H and O–H groups in total. The summed E-state index contributed by atoms with van der Waals surface area (Å²) < 4.78 is 53.1. The largest absolute Gasteiger partial charge is 0.478 e. The van der Waals surface area contributed by atoms with Gasteiger partial charge in [0.25, 0.3) is 0 Å². The van der Waals surface area contributed by atoms with Crippen LogP contribution >= 0.6 is 0 Å². The Morgan fingerprint density at radius 2 is 1.93 bits per heavy atom. The molecule has 0 radical (unpaired) electrons. The van der Waals surface area contributed by atoms with Crippen molar-refractivity contribution in [3.63, 3.8) is 0 Å². The molecular weight excluding hydrogens is 404 g/mol. The standard InChI is InChI=1S/C21H20F4N2O3/c1-13-9-14(5-6-18(13)19(28)29)11-27(20(30)26-8-7-16(22)12-26)17-4-2-3-15(10-17)21(23,24)25/h2-6,9-10,16H,7-8,11-12H2,1H3,(H,28,29)/t16-/m0/s1. The Labute approximate surface area is 170 Å². The van der Waals surface area contributed by atoms with Crippen molar-refractivity contribution in [3.8, 4) is 0 Å². The zero-order valence-corrected chi connectivity index (χ0v) is 16.1. The predicted octanol–water partition coefficient (Wildman–Crippen LogP) is 4.88. The number of aryl methyl sites for hydroxylation is 1. The first-order chi connectivity index (χ1) is 14.1. The molecule has 1 fully saturated rings. The van der Waals surface area contributed by atoms with E-state index in [4.69, 9.17) is 5.11 Å². The number of benzene rings is 2. The van der Waals surface area contributed by atoms with Gasteiger partial charge >= 0.3 is 18.2 Å². The summed E-state index contributed by atoms with van der Waals surface area (Å²) in [5.74, 6) is -1.10. The Morgan fingerprint density at radius 3 is 2.50 bits per heavy atom. The molecule has 1 aliphatic heterocycles. The molecule has 0 aliphatic carbocycles. The number of hydrogen-bond acceptors (Lipinski definition) is 2. The third-order valence-corrected chi connectivity index (χ3v) is 4.98. The molecule has 0 unspecified atom stereocenters. The van der Waals surface area contributed by atoms with Crippen LogP contribution in [0.4, 0.5) is 28.0 Å². The molecule has 5 nitrogen and oxygen atoms in total. The van der Waals surface area contributed by atoms with E-state index in [1.807, 2.05) is 0 Å². The second kappa shape index (κ2) is 8.33. The molecule has 1 heterocycles. The van der Waals surface area contributed by atoms with E-state index < -0.39 is 29.9 Å². The Kier molecular flexibility index (Phi) is 6.00. The van der Waals surface area contributed by atoms with Gasteiger partial charge in [0.05, 0.1) is 24.2 Å². The van der Waals surface area contributed by atoms with Crippen LogP contribution in [0.1, 0.15) is 33.5 Å². The third-order valence-electron chi connectivity index (χ3n) is 4.98. The lowest BCUT2D eigenvalue weighted by molar-refractivity contribution is -0.137. The Morgan fingerprint density at radius 1 is 1.20 bits per heavy atom. The van der Waals surface area contributed by atoms with Crippen molar-refractivity contribution in [2.24, 2.45) is 0 Å². The molecule has 160 valence electrons. The van der Waals surface area contributed by atoms with Crippen molar-refractivity contribution in [1.82, 2.24) is 4.90 Å². The van der Waals surface area contributed by atoms with E-state index in [0.29, 0.717) is 11.1 Å². The van der Waals surface area contributed by atoms with Gasteiger partial charge in [0, 0.05) is 12.2 Å². The third kappa shape index (κ3) is 4.72. The lowest BCUT2D eigenvalue weighted by Crippen LogP contribution is -2.42. The molecule has 3 rings (SSSR count). The number of anilines is 1. The number of urea groups is 1. The molecule has 30 heavy (non-hydrogen) atoms. The molecule has 1 saturated heterocycles. The maximum atomic E-state index is 13.6. The minimum atomic E-state index is -4.58. The lowest BCUT2D eigenvalue weighted by Gasteiger charge is -2.29. The van der Waals surface area contributed by atoms with Gasteiger partial charge in [-0.05, 0) is 48.7 Å². The Balaban J connectivity index is 1.97. The number of carboxylic acid groups (broad SMARTS) is 1. The molecule has 0 spiro atoms. The summed E-state index contributed by atoms with van der Waals surface area (Å²) in [6.45, 7) is 1.56. The van der Waals surface area contributed by atoms with Crippen LogP contribution in [0.25, 0.3) is 0 Å². The number of likely N-dealkylation sites (tertiary alicyclic amines) is 1. The first-order valence-corrected chi connectivity index (χ1v) is 9.27. The number of halogens is 4. The first-order valence-electron chi connectivity index (χ1n) is 9.27. The molecular formula is C21H20F4N2O3. The number of rotatable bonds is 4. The van der Waals surface area contributed by atoms with E-state index in [1.54, 1.807) is 13.0 Å². The zero-order chi connectivity index (χ0) is 22.1. The van der Waals surface area contributed by atoms with Gasteiger partial charge in [0.15, 0.2) is 0 Å². The highest BCUT2D eigenvalue weighted by atomic mass is 19.4. The van der Waals surface area contributed by atoms with E-state index in [-0.39, 0.29) is 37.3 Å². The first kappa shape index (κ1) is 21.6. The Hall–Kier alpha value is -3.10. The zero-order valence-electron chi connectivity index (χ0n) is 16.1. The van der Waals surface area contributed by atoms with Crippen LogP contribution in [-0.2, 0) is 12.7 Å². The van der Waals surface area contributed by atoms with Crippen LogP contribution in [0, 0.1) is 6.92 Å². The normalized spacial score (nSPS) is 16.6. The van der Waals surface area contributed by atoms with Gasteiger partial charge in [-0.2, -0.15) is 13.2 Å². The summed E-state index contributed by atoms with van der Waals surface area (Å²) in [6, 6.07) is 8.23. The second-order valence-corrected chi connectivity index (χ2v) is 7.20. The fourth-order valence-electron chi connectivity index (χ4n) is 3.43. The van der Waals surface area contributed by atoms with Crippen LogP contribution in [0.3, 0.4) is 0 Å². The highest BCUT2D eigenvalue weighted by Crippen LogP contribution is 2.32. The van der Waals surface area contributed by atoms with Crippen molar-refractivity contribution in [2.75, 3.05) is 18.0 Å². The van der Waals surface area contributed by atoms with Crippen molar-refractivity contribution < 1.29 is 32.3 Å². The molecule has 2 amide bonds. The highest BCUT2D eigenvalue weighted by Gasteiger charge is 2.33. The summed E-state index contributed by atoms with van der Waals surface area (Å²) in [6.07, 6.45) is -5.58. The van der Waals surface area contributed by atoms with Gasteiger partial charge in [0.2, 0.25) is 0 Å². The van der Waals surface area contributed by atoms with Crippen molar-refractivity contribution >= 4 is 17.7 Å². The van der Waals surface area contributed by atoms with Crippen LogP contribution in [-0.4, -0.2) is 41.3 Å². The minimum absolute atomic E-state index is 0.0251. The van der Waals surface area contributed by atoms with Gasteiger partial charge in [0.1, 0.15) is 6.17 Å². The molecule has 0 saturated carbocycles. The van der Waals surface area contributed by atoms with Gasteiger partial charge < -0.3 is 10.0 Å². The van der Waals surface area contributed by atoms with Crippen LogP contribution in [0.2, 0.25) is 0 Å². The quantitative estimate of drug-likeness (QED) is 0.712. The molecule has 1 aliphatic rings. The van der Waals surface area contributed by atoms with Crippen LogP contribution < -0.4 is 4.90 Å². The average molecular weight is 424 g/mol. The molecule has 9 heteroatoms. The molecule has 1 atom stereocenters. The number of nitrogens with zero attached hydrogens (tertiary/aromatic N) is 2. The number of carboxylic acids is 1. The summed E-state index contributed by atoms with van der Waals surface area (Å²) in [5.41, 5.74) is 0.216. The number of amides is 2. The topological polar surface area (TPSA) is 60.9 Å². The Bertz CT molecular complexity index is 962. The van der Waals surface area contributed by atoms with E-state index in [1.165, 1.54) is 29.2 Å². The van der Waals surface area contributed by atoms with Gasteiger partial charge in [-0.15, -0.1) is 0 Å². The van der Waals surface area contributed by atoms with Gasteiger partial charge in [-0.3, -0.25) is 4.90 Å². The monoisotopic (exact) mass is 424 g/mol.